The van der Waals surface area contributed by atoms with Crippen molar-refractivity contribution in [3.63, 3.8) is 0 Å². The Bertz CT molecular complexity index is 385. The summed E-state index contributed by atoms with van der Waals surface area (Å²) in [6.45, 7) is 8.43. The topological polar surface area (TPSA) is 46.6 Å². The van der Waals surface area contributed by atoms with Crippen molar-refractivity contribution in [3.05, 3.63) is 0 Å². The fourth-order valence-corrected chi connectivity index (χ4v) is 3.66. The lowest BCUT2D eigenvalue weighted by atomic mass is 9.74. The summed E-state index contributed by atoms with van der Waals surface area (Å²) in [6, 6.07) is -0.155. The molecule has 1 amide bonds. The minimum Gasteiger partial charge on any atom is -0.467 e. The number of hydrogen-bond acceptors (Lipinski definition) is 3. The molecule has 2 rings (SSSR count). The van der Waals surface area contributed by atoms with Crippen LogP contribution in [-0.2, 0) is 14.3 Å². The first-order valence-corrected chi connectivity index (χ1v) is 7.17. The predicted octanol–water partition coefficient (Wildman–Crippen LogP) is 2.22. The highest BCUT2D eigenvalue weighted by Crippen LogP contribution is 2.43. The SMILES string of the molecule is COC(=O)[C@@H]1C[C@@H](C)[C@H]2CC[C@H](C(C)(C)C)C(=O)N21. The van der Waals surface area contributed by atoms with Crippen molar-refractivity contribution in [2.45, 2.75) is 59.0 Å². The van der Waals surface area contributed by atoms with Crippen LogP contribution in [-0.4, -0.2) is 36.0 Å². The quantitative estimate of drug-likeness (QED) is 0.684. The van der Waals surface area contributed by atoms with Gasteiger partial charge in [-0.2, -0.15) is 0 Å². The number of methoxy groups -OCH3 is 1. The van der Waals surface area contributed by atoms with Crippen molar-refractivity contribution in [2.24, 2.45) is 17.3 Å². The van der Waals surface area contributed by atoms with Crippen LogP contribution in [0, 0.1) is 17.3 Å². The van der Waals surface area contributed by atoms with Gasteiger partial charge in [0.1, 0.15) is 6.04 Å². The third-order valence-corrected chi connectivity index (χ3v) is 4.77. The Kier molecular flexibility index (Phi) is 3.63. The second-order valence-corrected chi connectivity index (χ2v) is 7.06. The van der Waals surface area contributed by atoms with Crippen molar-refractivity contribution < 1.29 is 14.3 Å². The summed E-state index contributed by atoms with van der Waals surface area (Å²) >= 11 is 0. The van der Waals surface area contributed by atoms with Gasteiger partial charge in [-0.1, -0.05) is 27.7 Å². The molecule has 108 valence electrons. The molecule has 2 saturated heterocycles. The molecule has 0 N–H and O–H groups in total. The number of carbonyl (C=O) groups excluding carboxylic acids is 2. The summed E-state index contributed by atoms with van der Waals surface area (Å²) in [5, 5.41) is 0. The molecule has 4 heteroatoms. The maximum absolute atomic E-state index is 12.7. The number of hydrogen-bond donors (Lipinski definition) is 0. The van der Waals surface area contributed by atoms with Gasteiger partial charge in [-0.25, -0.2) is 4.79 Å². The standard InChI is InChI=1S/C15H25NO3/c1-9-8-12(14(18)19-5)16-11(9)7-6-10(13(16)17)15(2,3)4/h9-12H,6-8H2,1-5H3/t9-,10+,11-,12+/m1/s1. The summed E-state index contributed by atoms with van der Waals surface area (Å²) < 4.78 is 4.87. The number of nitrogens with zero attached hydrogens (tertiary/aromatic N) is 1. The Hall–Kier alpha value is -1.06. The van der Waals surface area contributed by atoms with Gasteiger partial charge in [0.15, 0.2) is 0 Å². The predicted molar refractivity (Wildman–Crippen MR) is 72.4 cm³/mol. The van der Waals surface area contributed by atoms with E-state index in [-0.39, 0.29) is 35.3 Å². The van der Waals surface area contributed by atoms with E-state index in [4.69, 9.17) is 4.74 Å². The molecule has 4 nitrogen and oxygen atoms in total. The molecule has 2 aliphatic heterocycles. The molecule has 2 fully saturated rings. The zero-order valence-corrected chi connectivity index (χ0v) is 12.6. The second-order valence-electron chi connectivity index (χ2n) is 7.06. The van der Waals surface area contributed by atoms with Gasteiger partial charge in [-0.05, 0) is 30.6 Å². The summed E-state index contributed by atoms with van der Waals surface area (Å²) in [5.41, 5.74) is -0.0471. The van der Waals surface area contributed by atoms with E-state index in [1.165, 1.54) is 7.11 Å². The number of piperidine rings is 1. The van der Waals surface area contributed by atoms with Gasteiger partial charge in [0.25, 0.3) is 0 Å². The Morgan fingerprint density at radius 2 is 1.95 bits per heavy atom. The van der Waals surface area contributed by atoms with E-state index >= 15 is 0 Å². The Labute approximate surface area is 115 Å². The highest BCUT2D eigenvalue weighted by atomic mass is 16.5. The molecular formula is C15H25NO3. The lowest BCUT2D eigenvalue weighted by molar-refractivity contribution is -0.158. The van der Waals surface area contributed by atoms with Crippen molar-refractivity contribution in [1.82, 2.24) is 4.90 Å². The Morgan fingerprint density at radius 3 is 2.47 bits per heavy atom. The second kappa shape index (κ2) is 4.80. The maximum atomic E-state index is 12.7. The highest BCUT2D eigenvalue weighted by molar-refractivity contribution is 5.87. The van der Waals surface area contributed by atoms with E-state index in [2.05, 4.69) is 27.7 Å². The third kappa shape index (κ3) is 2.37. The molecule has 2 heterocycles. The van der Waals surface area contributed by atoms with Crippen molar-refractivity contribution >= 4 is 11.9 Å². The molecule has 2 aliphatic rings. The van der Waals surface area contributed by atoms with Crippen molar-refractivity contribution in [1.29, 1.82) is 0 Å². The van der Waals surface area contributed by atoms with E-state index in [9.17, 15) is 9.59 Å². The first-order chi connectivity index (χ1) is 8.77. The molecule has 4 atom stereocenters. The number of esters is 1. The first-order valence-electron chi connectivity index (χ1n) is 7.17. The Balaban J connectivity index is 2.27. The van der Waals surface area contributed by atoms with Gasteiger partial charge >= 0.3 is 5.97 Å². The van der Waals surface area contributed by atoms with Gasteiger partial charge < -0.3 is 9.64 Å². The molecule has 0 bridgehead atoms. The van der Waals surface area contributed by atoms with Gasteiger partial charge in [0.2, 0.25) is 5.91 Å². The lowest BCUT2D eigenvalue weighted by Gasteiger charge is -2.42. The number of carbonyl (C=O) groups is 2. The molecule has 0 aliphatic carbocycles. The van der Waals surface area contributed by atoms with Crippen LogP contribution in [0.5, 0.6) is 0 Å². The third-order valence-electron chi connectivity index (χ3n) is 4.77. The van der Waals surface area contributed by atoms with Gasteiger partial charge in [-0.3, -0.25) is 4.79 Å². The monoisotopic (exact) mass is 267 g/mol. The van der Waals surface area contributed by atoms with E-state index in [0.29, 0.717) is 5.92 Å². The molecular weight excluding hydrogens is 242 g/mol. The van der Waals surface area contributed by atoms with E-state index < -0.39 is 0 Å². The van der Waals surface area contributed by atoms with Crippen LogP contribution in [0.25, 0.3) is 0 Å². The van der Waals surface area contributed by atoms with Crippen LogP contribution < -0.4 is 0 Å². The van der Waals surface area contributed by atoms with Crippen LogP contribution in [0.15, 0.2) is 0 Å². The molecule has 0 saturated carbocycles. The first kappa shape index (κ1) is 14.4. The number of rotatable bonds is 1. The van der Waals surface area contributed by atoms with E-state index in [0.717, 1.165) is 19.3 Å². The van der Waals surface area contributed by atoms with E-state index in [1.54, 1.807) is 0 Å². The number of fused-ring (bicyclic) bond motifs is 1. The summed E-state index contributed by atoms with van der Waals surface area (Å²) in [5.74, 6) is 0.274. The largest absolute Gasteiger partial charge is 0.467 e. The van der Waals surface area contributed by atoms with Gasteiger partial charge in [-0.15, -0.1) is 0 Å². The fraction of sp³-hybridized carbons (Fsp3) is 0.867. The average molecular weight is 267 g/mol. The molecule has 19 heavy (non-hydrogen) atoms. The van der Waals surface area contributed by atoms with E-state index in [1.807, 2.05) is 4.90 Å². The van der Waals surface area contributed by atoms with Gasteiger partial charge in [0, 0.05) is 12.0 Å². The van der Waals surface area contributed by atoms with Crippen LogP contribution in [0.2, 0.25) is 0 Å². The van der Waals surface area contributed by atoms with Crippen LogP contribution in [0.3, 0.4) is 0 Å². The van der Waals surface area contributed by atoms with Crippen LogP contribution in [0.4, 0.5) is 0 Å². The molecule has 0 unspecified atom stereocenters. The molecule has 0 radical (unpaired) electrons. The molecule has 0 aromatic heterocycles. The normalized spacial score (nSPS) is 35.2. The smallest absolute Gasteiger partial charge is 0.328 e. The number of ether oxygens (including phenoxy) is 1. The zero-order valence-electron chi connectivity index (χ0n) is 12.6. The van der Waals surface area contributed by atoms with Crippen LogP contribution in [0.1, 0.15) is 47.0 Å². The minimum atomic E-state index is -0.373. The highest BCUT2D eigenvalue weighted by Gasteiger charge is 2.51. The maximum Gasteiger partial charge on any atom is 0.328 e. The molecule has 0 aromatic carbocycles. The van der Waals surface area contributed by atoms with Gasteiger partial charge in [0.05, 0.1) is 7.11 Å². The van der Waals surface area contributed by atoms with Crippen molar-refractivity contribution in [2.75, 3.05) is 7.11 Å². The minimum absolute atomic E-state index is 0.0150. The summed E-state index contributed by atoms with van der Waals surface area (Å²) in [6.07, 6.45) is 2.67. The lowest BCUT2D eigenvalue weighted by Crippen LogP contribution is -2.54. The average Bonchev–Trinajstić information content (AvgIpc) is 2.66. The molecule has 0 spiro atoms. The van der Waals surface area contributed by atoms with Crippen molar-refractivity contribution in [3.8, 4) is 0 Å². The Morgan fingerprint density at radius 1 is 1.32 bits per heavy atom. The number of amides is 1. The fourth-order valence-electron chi connectivity index (χ4n) is 3.66. The summed E-state index contributed by atoms with van der Waals surface area (Å²) in [7, 11) is 1.40. The summed E-state index contributed by atoms with van der Waals surface area (Å²) in [4.78, 5) is 26.5. The molecule has 0 aromatic rings. The zero-order chi connectivity index (χ0) is 14.4. The van der Waals surface area contributed by atoms with Crippen LogP contribution >= 0.6 is 0 Å².